The quantitative estimate of drug-likeness (QED) is 0.847. The minimum absolute atomic E-state index is 0.0704. The summed E-state index contributed by atoms with van der Waals surface area (Å²) in [5, 5.41) is 5.78. The molecule has 1 unspecified atom stereocenters. The monoisotopic (exact) mass is 312 g/mol. The number of nitrogens with one attached hydrogen (secondary N) is 2. The number of carbonyl (C=O) groups excluding carboxylic acids is 2. The lowest BCUT2D eigenvalue weighted by Gasteiger charge is -2.16. The molecule has 0 heterocycles. The van der Waals surface area contributed by atoms with Gasteiger partial charge in [0.2, 0.25) is 5.91 Å². The van der Waals surface area contributed by atoms with Gasteiger partial charge in [0, 0.05) is 19.0 Å². The van der Waals surface area contributed by atoms with Gasteiger partial charge in [-0.15, -0.1) is 0 Å². The highest BCUT2D eigenvalue weighted by Crippen LogP contribution is 2.31. The molecule has 1 rings (SSSR count). The third kappa shape index (κ3) is 4.93. The summed E-state index contributed by atoms with van der Waals surface area (Å²) in [7, 11) is 1.47. The Hall–Kier alpha value is -1.75. The van der Waals surface area contributed by atoms with Crippen LogP contribution in [0.3, 0.4) is 0 Å². The van der Waals surface area contributed by atoms with Gasteiger partial charge in [-0.2, -0.15) is 0 Å². The predicted octanol–water partition coefficient (Wildman–Crippen LogP) is 3.23. The number of rotatable bonds is 6. The van der Waals surface area contributed by atoms with E-state index < -0.39 is 0 Å². The molecule has 0 radical (unpaired) electrons. The standard InChI is InChI=1S/C15H21ClN2O3/c1-5-6-9(2)17-15(20)11-7-12(16)13(18-10(3)19)8-14(11)21-4/h7-9H,5-6H2,1-4H3,(H,17,20)(H,18,19). The van der Waals surface area contributed by atoms with E-state index in [0.717, 1.165) is 12.8 Å². The van der Waals surface area contributed by atoms with Crippen LogP contribution in [0.4, 0.5) is 5.69 Å². The SMILES string of the molecule is CCCC(C)NC(=O)c1cc(Cl)c(NC(C)=O)cc1OC. The molecule has 0 bridgehead atoms. The first-order valence-corrected chi connectivity index (χ1v) is 7.22. The van der Waals surface area contributed by atoms with Gasteiger partial charge >= 0.3 is 0 Å². The van der Waals surface area contributed by atoms with Crippen molar-refractivity contribution in [2.24, 2.45) is 0 Å². The molecule has 116 valence electrons. The zero-order valence-corrected chi connectivity index (χ0v) is 13.5. The minimum Gasteiger partial charge on any atom is -0.496 e. The summed E-state index contributed by atoms with van der Waals surface area (Å²) in [5.41, 5.74) is 0.763. The molecule has 1 aromatic rings. The van der Waals surface area contributed by atoms with Gasteiger partial charge in [0.05, 0.1) is 23.4 Å². The van der Waals surface area contributed by atoms with Crippen LogP contribution in [0.1, 0.15) is 44.0 Å². The summed E-state index contributed by atoms with van der Waals surface area (Å²) < 4.78 is 5.21. The molecule has 0 aliphatic carbocycles. The first kappa shape index (κ1) is 17.3. The fourth-order valence-electron chi connectivity index (χ4n) is 1.99. The molecule has 0 saturated heterocycles. The Morgan fingerprint density at radius 3 is 2.57 bits per heavy atom. The van der Waals surface area contributed by atoms with E-state index in [0.29, 0.717) is 22.0 Å². The van der Waals surface area contributed by atoms with Crippen molar-refractivity contribution in [2.45, 2.75) is 39.7 Å². The third-order valence-electron chi connectivity index (χ3n) is 2.94. The molecule has 5 nitrogen and oxygen atoms in total. The Labute approximate surface area is 130 Å². The van der Waals surface area contributed by atoms with E-state index in [1.165, 1.54) is 20.1 Å². The molecule has 0 aliphatic rings. The fourth-order valence-corrected chi connectivity index (χ4v) is 2.20. The van der Waals surface area contributed by atoms with Crippen LogP contribution in [0, 0.1) is 0 Å². The molecule has 0 saturated carbocycles. The molecule has 1 atom stereocenters. The largest absolute Gasteiger partial charge is 0.496 e. The van der Waals surface area contributed by atoms with Gasteiger partial charge in [-0.1, -0.05) is 24.9 Å². The molecule has 0 aliphatic heterocycles. The molecule has 2 amide bonds. The smallest absolute Gasteiger partial charge is 0.255 e. The Morgan fingerprint density at radius 1 is 1.38 bits per heavy atom. The molecular weight excluding hydrogens is 292 g/mol. The predicted molar refractivity (Wildman–Crippen MR) is 84.1 cm³/mol. The van der Waals surface area contributed by atoms with Gasteiger partial charge < -0.3 is 15.4 Å². The van der Waals surface area contributed by atoms with Crippen LogP contribution in [-0.2, 0) is 4.79 Å². The van der Waals surface area contributed by atoms with E-state index in [1.807, 2.05) is 6.92 Å². The fraction of sp³-hybridized carbons (Fsp3) is 0.467. The number of halogens is 1. The van der Waals surface area contributed by atoms with Gasteiger partial charge in [-0.05, 0) is 19.4 Å². The molecule has 6 heteroatoms. The molecule has 0 fully saturated rings. The second kappa shape index (κ2) is 7.88. The zero-order valence-electron chi connectivity index (χ0n) is 12.7. The van der Waals surface area contributed by atoms with E-state index >= 15 is 0 Å². The third-order valence-corrected chi connectivity index (χ3v) is 3.26. The Bertz CT molecular complexity index is 532. The second-order valence-electron chi connectivity index (χ2n) is 4.88. The van der Waals surface area contributed by atoms with Crippen LogP contribution >= 0.6 is 11.6 Å². The van der Waals surface area contributed by atoms with E-state index in [-0.39, 0.29) is 17.9 Å². The van der Waals surface area contributed by atoms with E-state index in [1.54, 1.807) is 6.07 Å². The number of amides is 2. The first-order chi connectivity index (χ1) is 9.88. The van der Waals surface area contributed by atoms with Crippen molar-refractivity contribution < 1.29 is 14.3 Å². The lowest BCUT2D eigenvalue weighted by Crippen LogP contribution is -2.32. The van der Waals surface area contributed by atoms with Crippen LogP contribution < -0.4 is 15.4 Å². The Morgan fingerprint density at radius 2 is 2.05 bits per heavy atom. The van der Waals surface area contributed by atoms with Crippen molar-refractivity contribution in [1.29, 1.82) is 0 Å². The number of anilines is 1. The molecule has 0 spiro atoms. The van der Waals surface area contributed by atoms with Crippen LogP contribution in [0.2, 0.25) is 5.02 Å². The maximum atomic E-state index is 12.3. The molecule has 0 aromatic heterocycles. The number of methoxy groups -OCH3 is 1. The van der Waals surface area contributed by atoms with E-state index in [9.17, 15) is 9.59 Å². The van der Waals surface area contributed by atoms with Crippen molar-refractivity contribution in [3.8, 4) is 5.75 Å². The average Bonchev–Trinajstić information content (AvgIpc) is 2.40. The van der Waals surface area contributed by atoms with Gasteiger partial charge in [0.25, 0.3) is 5.91 Å². The summed E-state index contributed by atoms with van der Waals surface area (Å²) in [5.74, 6) is -0.124. The normalized spacial score (nSPS) is 11.7. The van der Waals surface area contributed by atoms with Gasteiger partial charge in [-0.25, -0.2) is 0 Å². The highest BCUT2D eigenvalue weighted by atomic mass is 35.5. The van der Waals surface area contributed by atoms with Crippen molar-refractivity contribution in [3.05, 3.63) is 22.7 Å². The van der Waals surface area contributed by atoms with Crippen LogP contribution in [0.25, 0.3) is 0 Å². The zero-order chi connectivity index (χ0) is 16.0. The van der Waals surface area contributed by atoms with Crippen LogP contribution in [-0.4, -0.2) is 25.0 Å². The Kier molecular flexibility index (Phi) is 6.49. The minimum atomic E-state index is -0.246. The topological polar surface area (TPSA) is 67.4 Å². The molecule has 1 aromatic carbocycles. The van der Waals surface area contributed by atoms with Gasteiger partial charge in [0.15, 0.2) is 0 Å². The number of hydrogen-bond acceptors (Lipinski definition) is 3. The van der Waals surface area contributed by atoms with Crippen molar-refractivity contribution in [3.63, 3.8) is 0 Å². The maximum absolute atomic E-state index is 12.3. The maximum Gasteiger partial charge on any atom is 0.255 e. The van der Waals surface area contributed by atoms with E-state index in [4.69, 9.17) is 16.3 Å². The molecular formula is C15H21ClN2O3. The summed E-state index contributed by atoms with van der Waals surface area (Å²) in [4.78, 5) is 23.4. The lowest BCUT2D eigenvalue weighted by atomic mass is 10.1. The van der Waals surface area contributed by atoms with E-state index in [2.05, 4.69) is 17.6 Å². The average molecular weight is 313 g/mol. The summed E-state index contributed by atoms with van der Waals surface area (Å²) in [6, 6.07) is 3.11. The highest BCUT2D eigenvalue weighted by Gasteiger charge is 2.17. The summed E-state index contributed by atoms with van der Waals surface area (Å²) in [6.45, 7) is 5.39. The van der Waals surface area contributed by atoms with Crippen LogP contribution in [0.15, 0.2) is 12.1 Å². The van der Waals surface area contributed by atoms with Crippen LogP contribution in [0.5, 0.6) is 5.75 Å². The number of carbonyl (C=O) groups is 2. The number of hydrogen-bond donors (Lipinski definition) is 2. The van der Waals surface area contributed by atoms with Gasteiger partial charge in [-0.3, -0.25) is 9.59 Å². The molecule has 21 heavy (non-hydrogen) atoms. The van der Waals surface area contributed by atoms with Gasteiger partial charge in [0.1, 0.15) is 5.75 Å². The number of benzene rings is 1. The second-order valence-corrected chi connectivity index (χ2v) is 5.28. The highest BCUT2D eigenvalue weighted by molar-refractivity contribution is 6.34. The Balaban J connectivity index is 3.04. The summed E-state index contributed by atoms with van der Waals surface area (Å²) in [6.07, 6.45) is 1.88. The van der Waals surface area contributed by atoms with Crippen molar-refractivity contribution in [1.82, 2.24) is 5.32 Å². The summed E-state index contributed by atoms with van der Waals surface area (Å²) >= 11 is 6.09. The van der Waals surface area contributed by atoms with Crippen molar-refractivity contribution in [2.75, 3.05) is 12.4 Å². The molecule has 2 N–H and O–H groups in total. The van der Waals surface area contributed by atoms with Crippen molar-refractivity contribution >= 4 is 29.1 Å². The first-order valence-electron chi connectivity index (χ1n) is 6.85. The number of ether oxygens (including phenoxy) is 1. The lowest BCUT2D eigenvalue weighted by molar-refractivity contribution is -0.114.